The molecule has 0 heterocycles. The number of hydrogen-bond donors (Lipinski definition) is 4. The first-order valence-electron chi connectivity index (χ1n) is 5.23. The zero-order valence-electron chi connectivity index (χ0n) is 10.2. The summed E-state index contributed by atoms with van der Waals surface area (Å²) in [6.45, 7) is 1.29. The molecule has 0 spiro atoms. The van der Waals surface area contributed by atoms with Crippen molar-refractivity contribution in [3.05, 3.63) is 34.9 Å². The van der Waals surface area contributed by atoms with E-state index < -0.39 is 32.7 Å². The maximum absolute atomic E-state index is 11.0. The van der Waals surface area contributed by atoms with Crippen LogP contribution in [0.1, 0.15) is 18.5 Å². The molecule has 0 unspecified atom stereocenters. The predicted molar refractivity (Wildman–Crippen MR) is 73.0 cm³/mol. The van der Waals surface area contributed by atoms with Crippen molar-refractivity contribution in [2.75, 3.05) is 0 Å². The van der Waals surface area contributed by atoms with Gasteiger partial charge in [0.1, 0.15) is 0 Å². The monoisotopic (exact) mass is 344 g/mol. The van der Waals surface area contributed by atoms with Gasteiger partial charge in [-0.2, -0.15) is 26.3 Å². The number of nitrogens with one attached hydrogen (secondary N) is 2. The summed E-state index contributed by atoms with van der Waals surface area (Å²) in [5.41, 5.74) is 0.232. The van der Waals surface area contributed by atoms with Crippen LogP contribution >= 0.6 is 11.6 Å². The predicted octanol–water partition coefficient (Wildman–Crippen LogP) is 0.554. The van der Waals surface area contributed by atoms with Gasteiger partial charge in [-0.15, -0.1) is 0 Å². The minimum atomic E-state index is -4.61. The highest BCUT2D eigenvalue weighted by atomic mass is 35.5. The molecule has 2 atom stereocenters. The quantitative estimate of drug-likeness (QED) is 0.557. The van der Waals surface area contributed by atoms with Crippen molar-refractivity contribution in [1.82, 2.24) is 9.44 Å². The summed E-state index contributed by atoms with van der Waals surface area (Å²) < 4.78 is 64.8. The molecule has 0 bridgehead atoms. The molecule has 0 fully saturated rings. The third kappa shape index (κ3) is 5.71. The van der Waals surface area contributed by atoms with Gasteiger partial charge in [-0.25, -0.2) is 0 Å². The molecule has 11 heteroatoms. The minimum Gasteiger partial charge on any atom is -0.273 e. The maximum atomic E-state index is 11.0. The molecular formula is C9H13ClN2O6S2. The summed E-state index contributed by atoms with van der Waals surface area (Å²) in [5, 5.41) is 0.164. The molecule has 0 aromatic heterocycles. The second-order valence-electron chi connectivity index (χ2n) is 3.97. The molecule has 0 saturated carbocycles. The molecule has 1 rings (SSSR count). The van der Waals surface area contributed by atoms with Crippen molar-refractivity contribution in [3.8, 4) is 0 Å². The zero-order chi connectivity index (χ0) is 15.6. The van der Waals surface area contributed by atoms with E-state index in [2.05, 4.69) is 0 Å². The van der Waals surface area contributed by atoms with Crippen LogP contribution in [0.3, 0.4) is 0 Å². The van der Waals surface area contributed by atoms with Gasteiger partial charge in [0.05, 0.1) is 6.04 Å². The fourth-order valence-corrected chi connectivity index (χ4v) is 3.14. The first-order valence-corrected chi connectivity index (χ1v) is 8.49. The SMILES string of the molecule is C[C@H](NS(=O)(=O)O)[C@@H](NS(=O)(=O)O)c1ccccc1Cl. The molecule has 0 aliphatic heterocycles. The average Bonchev–Trinajstić information content (AvgIpc) is 2.23. The molecule has 0 saturated heterocycles. The van der Waals surface area contributed by atoms with Crippen molar-refractivity contribution in [1.29, 1.82) is 0 Å². The Bertz CT molecular complexity index is 675. The number of halogens is 1. The van der Waals surface area contributed by atoms with Crippen LogP contribution < -0.4 is 9.44 Å². The van der Waals surface area contributed by atoms with E-state index in [4.69, 9.17) is 20.7 Å². The Morgan fingerprint density at radius 2 is 1.55 bits per heavy atom. The van der Waals surface area contributed by atoms with Crippen molar-refractivity contribution >= 4 is 32.2 Å². The summed E-state index contributed by atoms with van der Waals surface area (Å²) in [5.74, 6) is 0. The van der Waals surface area contributed by atoms with Crippen LogP contribution in [0.15, 0.2) is 24.3 Å². The molecule has 20 heavy (non-hydrogen) atoms. The largest absolute Gasteiger partial charge is 0.333 e. The molecular weight excluding hydrogens is 332 g/mol. The molecule has 1 aromatic carbocycles. The van der Waals surface area contributed by atoms with Gasteiger partial charge in [0.25, 0.3) is 0 Å². The fraction of sp³-hybridized carbons (Fsp3) is 0.333. The number of benzene rings is 1. The van der Waals surface area contributed by atoms with Crippen LogP contribution in [-0.2, 0) is 20.6 Å². The van der Waals surface area contributed by atoms with Crippen LogP contribution in [0.5, 0.6) is 0 Å². The van der Waals surface area contributed by atoms with Crippen LogP contribution in [0, 0.1) is 0 Å². The van der Waals surface area contributed by atoms with E-state index in [1.165, 1.54) is 19.1 Å². The van der Waals surface area contributed by atoms with Gasteiger partial charge in [0, 0.05) is 11.1 Å². The Hall–Kier alpha value is -0.750. The molecule has 4 N–H and O–H groups in total. The van der Waals surface area contributed by atoms with Gasteiger partial charge in [-0.1, -0.05) is 29.8 Å². The van der Waals surface area contributed by atoms with Crippen LogP contribution in [0.25, 0.3) is 0 Å². The highest BCUT2D eigenvalue weighted by molar-refractivity contribution is 7.84. The molecule has 114 valence electrons. The van der Waals surface area contributed by atoms with Crippen molar-refractivity contribution in [2.45, 2.75) is 19.0 Å². The average molecular weight is 345 g/mol. The molecule has 1 aromatic rings. The highest BCUT2D eigenvalue weighted by Crippen LogP contribution is 2.25. The van der Waals surface area contributed by atoms with Gasteiger partial charge in [-0.3, -0.25) is 9.11 Å². The standard InChI is InChI=1S/C9H13ClN2O6S2/c1-6(11-19(13,14)15)9(12-20(16,17)18)7-4-2-3-5-8(7)10/h2-6,9,11-12H,1H3,(H,13,14,15)(H,16,17,18)/t6-,9+/m0/s1. The Morgan fingerprint density at radius 1 is 1.05 bits per heavy atom. The Labute approximate surface area is 121 Å². The number of hydrogen-bond acceptors (Lipinski definition) is 4. The Kier molecular flexibility index (Phi) is 5.49. The summed E-state index contributed by atoms with van der Waals surface area (Å²) in [6, 6.07) is 3.76. The van der Waals surface area contributed by atoms with E-state index in [1.54, 1.807) is 16.9 Å². The molecule has 0 aliphatic rings. The first-order chi connectivity index (χ1) is 8.99. The molecule has 8 nitrogen and oxygen atoms in total. The third-order valence-corrected chi connectivity index (χ3v) is 3.92. The van der Waals surface area contributed by atoms with Crippen molar-refractivity contribution in [3.63, 3.8) is 0 Å². The first kappa shape index (κ1) is 17.3. The van der Waals surface area contributed by atoms with E-state index in [9.17, 15) is 16.8 Å². The van der Waals surface area contributed by atoms with E-state index in [0.29, 0.717) is 0 Å². The van der Waals surface area contributed by atoms with Gasteiger partial charge in [0.2, 0.25) is 0 Å². The van der Waals surface area contributed by atoms with E-state index in [0.717, 1.165) is 0 Å². The van der Waals surface area contributed by atoms with Crippen LogP contribution in [-0.4, -0.2) is 32.0 Å². The number of rotatable bonds is 6. The Balaban J connectivity index is 3.19. The Morgan fingerprint density at radius 3 is 2.00 bits per heavy atom. The maximum Gasteiger partial charge on any atom is 0.333 e. The van der Waals surface area contributed by atoms with E-state index in [1.807, 2.05) is 4.72 Å². The minimum absolute atomic E-state index is 0.164. The normalized spacial score (nSPS) is 15.8. The lowest BCUT2D eigenvalue weighted by atomic mass is 10.0. The topological polar surface area (TPSA) is 133 Å². The zero-order valence-corrected chi connectivity index (χ0v) is 12.6. The molecule has 0 radical (unpaired) electrons. The lowest BCUT2D eigenvalue weighted by molar-refractivity contribution is 0.408. The van der Waals surface area contributed by atoms with Crippen molar-refractivity contribution < 1.29 is 25.9 Å². The van der Waals surface area contributed by atoms with Crippen molar-refractivity contribution in [2.24, 2.45) is 0 Å². The fourth-order valence-electron chi connectivity index (χ4n) is 1.63. The van der Waals surface area contributed by atoms with E-state index in [-0.39, 0.29) is 10.6 Å². The summed E-state index contributed by atoms with van der Waals surface area (Å²) in [7, 11) is -9.17. The van der Waals surface area contributed by atoms with Crippen LogP contribution in [0.2, 0.25) is 5.02 Å². The lowest BCUT2D eigenvalue weighted by Crippen LogP contribution is -2.44. The molecule has 0 aliphatic carbocycles. The van der Waals surface area contributed by atoms with Gasteiger partial charge < -0.3 is 0 Å². The van der Waals surface area contributed by atoms with Gasteiger partial charge in [-0.05, 0) is 18.6 Å². The van der Waals surface area contributed by atoms with Gasteiger partial charge in [0.15, 0.2) is 0 Å². The van der Waals surface area contributed by atoms with Crippen LogP contribution in [0.4, 0.5) is 0 Å². The summed E-state index contributed by atoms with van der Waals surface area (Å²) in [6.07, 6.45) is 0. The van der Waals surface area contributed by atoms with Gasteiger partial charge >= 0.3 is 20.6 Å². The lowest BCUT2D eigenvalue weighted by Gasteiger charge is -2.24. The van der Waals surface area contributed by atoms with E-state index >= 15 is 0 Å². The summed E-state index contributed by atoms with van der Waals surface area (Å²) in [4.78, 5) is 0. The molecule has 0 amide bonds. The third-order valence-electron chi connectivity index (χ3n) is 2.35. The highest BCUT2D eigenvalue weighted by Gasteiger charge is 2.27. The summed E-state index contributed by atoms with van der Waals surface area (Å²) >= 11 is 5.91. The smallest absolute Gasteiger partial charge is 0.273 e. The second kappa shape index (κ2) is 6.35. The second-order valence-corrected chi connectivity index (χ2v) is 6.75.